The molecule has 0 N–H and O–H groups in total. The molecule has 1 amide bonds. The number of benzene rings is 1. The van der Waals surface area contributed by atoms with Crippen LogP contribution in [0.4, 0.5) is 0 Å². The Morgan fingerprint density at radius 1 is 1.00 bits per heavy atom. The zero-order valence-electron chi connectivity index (χ0n) is 11.9. The quantitative estimate of drug-likeness (QED) is 0.702. The lowest BCUT2D eigenvalue weighted by Crippen LogP contribution is -2.40. The lowest BCUT2D eigenvalue weighted by atomic mass is 10.1. The van der Waals surface area contributed by atoms with Gasteiger partial charge in [-0.1, -0.05) is 30.3 Å². The van der Waals surface area contributed by atoms with Gasteiger partial charge >= 0.3 is 0 Å². The fraction of sp³-hybridized carbons (Fsp3) is 0.467. The van der Waals surface area contributed by atoms with Gasteiger partial charge in [0.2, 0.25) is 5.91 Å². The van der Waals surface area contributed by atoms with Crippen LogP contribution in [0.5, 0.6) is 0 Å². The second-order valence-electron chi connectivity index (χ2n) is 4.53. The first kappa shape index (κ1) is 15.4. The molecule has 0 fully saturated rings. The first-order valence-corrected chi connectivity index (χ1v) is 6.63. The van der Waals surface area contributed by atoms with Gasteiger partial charge in [0.25, 0.3) is 0 Å². The Labute approximate surface area is 115 Å². The van der Waals surface area contributed by atoms with Crippen LogP contribution >= 0.6 is 0 Å². The molecule has 0 unspecified atom stereocenters. The van der Waals surface area contributed by atoms with Crippen LogP contribution < -0.4 is 0 Å². The Hall–Kier alpha value is -1.68. The number of ketones is 1. The molecular formula is C15H22N2O2. The van der Waals surface area contributed by atoms with Crippen LogP contribution in [0.2, 0.25) is 0 Å². The Bertz CT molecular complexity index is 413. The fourth-order valence-electron chi connectivity index (χ4n) is 1.92. The van der Waals surface area contributed by atoms with Gasteiger partial charge < -0.3 is 4.90 Å². The molecular weight excluding hydrogens is 240 g/mol. The molecule has 0 saturated carbocycles. The summed E-state index contributed by atoms with van der Waals surface area (Å²) in [5.41, 5.74) is 0.685. The SMILES string of the molecule is CCN(CC)C(=O)CN(C)CC(=O)c1ccccc1. The number of hydrogen-bond acceptors (Lipinski definition) is 3. The average molecular weight is 262 g/mol. The molecule has 0 spiro atoms. The molecule has 0 heterocycles. The second-order valence-corrected chi connectivity index (χ2v) is 4.53. The maximum atomic E-state index is 12.0. The van der Waals surface area contributed by atoms with E-state index in [1.54, 1.807) is 29.0 Å². The molecule has 0 radical (unpaired) electrons. The van der Waals surface area contributed by atoms with Crippen LogP contribution in [0, 0.1) is 0 Å². The molecule has 0 saturated heterocycles. The molecule has 0 aliphatic rings. The number of likely N-dealkylation sites (N-methyl/N-ethyl adjacent to an activating group) is 2. The first-order chi connectivity index (χ1) is 9.08. The molecule has 0 aromatic heterocycles. The molecule has 1 rings (SSSR count). The Kier molecular flexibility index (Phi) is 6.22. The molecule has 19 heavy (non-hydrogen) atoms. The van der Waals surface area contributed by atoms with E-state index in [-0.39, 0.29) is 24.8 Å². The molecule has 0 aliphatic heterocycles. The van der Waals surface area contributed by atoms with Crippen molar-refractivity contribution in [1.29, 1.82) is 0 Å². The van der Waals surface area contributed by atoms with Crippen LogP contribution in [-0.2, 0) is 4.79 Å². The lowest BCUT2D eigenvalue weighted by Gasteiger charge is -2.22. The summed E-state index contributed by atoms with van der Waals surface area (Å²) in [5, 5.41) is 0. The molecule has 1 aromatic rings. The minimum atomic E-state index is 0.0375. The summed E-state index contributed by atoms with van der Waals surface area (Å²) in [5.74, 6) is 0.101. The van der Waals surface area contributed by atoms with Crippen molar-refractivity contribution in [1.82, 2.24) is 9.80 Å². The van der Waals surface area contributed by atoms with Crippen molar-refractivity contribution in [3.8, 4) is 0 Å². The number of carbonyl (C=O) groups excluding carboxylic acids is 2. The summed E-state index contributed by atoms with van der Waals surface area (Å²) in [4.78, 5) is 27.4. The maximum absolute atomic E-state index is 12.0. The number of rotatable bonds is 7. The fourth-order valence-corrected chi connectivity index (χ4v) is 1.92. The van der Waals surface area contributed by atoms with Crippen LogP contribution in [0.1, 0.15) is 24.2 Å². The highest BCUT2D eigenvalue weighted by molar-refractivity contribution is 5.97. The van der Waals surface area contributed by atoms with Crippen LogP contribution in [0.25, 0.3) is 0 Å². The van der Waals surface area contributed by atoms with Gasteiger partial charge in [-0.2, -0.15) is 0 Å². The van der Waals surface area contributed by atoms with E-state index in [1.165, 1.54) is 0 Å². The van der Waals surface area contributed by atoms with E-state index < -0.39 is 0 Å². The van der Waals surface area contributed by atoms with Crippen molar-refractivity contribution in [2.75, 3.05) is 33.2 Å². The molecule has 0 atom stereocenters. The largest absolute Gasteiger partial charge is 0.342 e. The summed E-state index contributed by atoms with van der Waals surface area (Å²) in [6, 6.07) is 9.15. The summed E-state index contributed by atoms with van der Waals surface area (Å²) in [7, 11) is 1.79. The predicted molar refractivity (Wildman–Crippen MR) is 76.2 cm³/mol. The lowest BCUT2D eigenvalue weighted by molar-refractivity contribution is -0.131. The van der Waals surface area contributed by atoms with Gasteiger partial charge in [0.05, 0.1) is 13.1 Å². The van der Waals surface area contributed by atoms with Crippen molar-refractivity contribution >= 4 is 11.7 Å². The zero-order valence-corrected chi connectivity index (χ0v) is 11.9. The summed E-state index contributed by atoms with van der Waals surface area (Å²) < 4.78 is 0. The third-order valence-corrected chi connectivity index (χ3v) is 3.03. The van der Waals surface area contributed by atoms with Gasteiger partial charge in [-0.25, -0.2) is 0 Å². The number of Topliss-reactive ketones (excluding diaryl/α,β-unsaturated/α-hetero) is 1. The van der Waals surface area contributed by atoms with E-state index in [0.29, 0.717) is 18.7 Å². The van der Waals surface area contributed by atoms with Gasteiger partial charge in [0.1, 0.15) is 0 Å². The van der Waals surface area contributed by atoms with Crippen molar-refractivity contribution in [3.05, 3.63) is 35.9 Å². The minimum Gasteiger partial charge on any atom is -0.342 e. The monoisotopic (exact) mass is 262 g/mol. The molecule has 0 aliphatic carbocycles. The summed E-state index contributed by atoms with van der Waals surface area (Å²) >= 11 is 0. The maximum Gasteiger partial charge on any atom is 0.236 e. The number of nitrogens with zero attached hydrogens (tertiary/aromatic N) is 2. The van der Waals surface area contributed by atoms with Gasteiger partial charge in [0.15, 0.2) is 5.78 Å². The van der Waals surface area contributed by atoms with Gasteiger partial charge in [-0.3, -0.25) is 14.5 Å². The highest BCUT2D eigenvalue weighted by Gasteiger charge is 2.15. The third kappa shape index (κ3) is 4.83. The highest BCUT2D eigenvalue weighted by Crippen LogP contribution is 2.01. The predicted octanol–water partition coefficient (Wildman–Crippen LogP) is 1.67. The smallest absolute Gasteiger partial charge is 0.236 e. The molecule has 1 aromatic carbocycles. The van der Waals surface area contributed by atoms with E-state index in [0.717, 1.165) is 0 Å². The van der Waals surface area contributed by atoms with E-state index in [2.05, 4.69) is 0 Å². The Balaban J connectivity index is 2.49. The third-order valence-electron chi connectivity index (χ3n) is 3.03. The van der Waals surface area contributed by atoms with Crippen molar-refractivity contribution < 1.29 is 9.59 Å². The van der Waals surface area contributed by atoms with E-state index in [1.807, 2.05) is 32.0 Å². The van der Waals surface area contributed by atoms with Crippen LogP contribution in [-0.4, -0.2) is 54.7 Å². The van der Waals surface area contributed by atoms with E-state index in [4.69, 9.17) is 0 Å². The van der Waals surface area contributed by atoms with Crippen LogP contribution in [0.3, 0.4) is 0 Å². The van der Waals surface area contributed by atoms with Gasteiger partial charge in [0, 0.05) is 18.7 Å². The summed E-state index contributed by atoms with van der Waals surface area (Å²) in [6.07, 6.45) is 0. The zero-order chi connectivity index (χ0) is 14.3. The average Bonchev–Trinajstić information content (AvgIpc) is 2.40. The van der Waals surface area contributed by atoms with Crippen molar-refractivity contribution in [2.45, 2.75) is 13.8 Å². The number of amides is 1. The highest BCUT2D eigenvalue weighted by atomic mass is 16.2. The van der Waals surface area contributed by atoms with E-state index in [9.17, 15) is 9.59 Å². The normalized spacial score (nSPS) is 10.5. The first-order valence-electron chi connectivity index (χ1n) is 6.63. The summed E-state index contributed by atoms with van der Waals surface area (Å²) in [6.45, 7) is 5.86. The minimum absolute atomic E-state index is 0.0375. The van der Waals surface area contributed by atoms with Gasteiger partial charge in [-0.05, 0) is 20.9 Å². The standard InChI is InChI=1S/C15H22N2O2/c1-4-17(5-2)15(19)12-16(3)11-14(18)13-9-7-6-8-10-13/h6-10H,4-5,11-12H2,1-3H3. The van der Waals surface area contributed by atoms with Crippen molar-refractivity contribution in [2.24, 2.45) is 0 Å². The molecule has 0 bridgehead atoms. The Morgan fingerprint density at radius 3 is 2.11 bits per heavy atom. The second kappa shape index (κ2) is 7.69. The number of hydrogen-bond donors (Lipinski definition) is 0. The molecule has 4 nitrogen and oxygen atoms in total. The Morgan fingerprint density at radius 2 is 1.58 bits per heavy atom. The number of carbonyl (C=O) groups is 2. The van der Waals surface area contributed by atoms with Crippen LogP contribution in [0.15, 0.2) is 30.3 Å². The topological polar surface area (TPSA) is 40.6 Å². The molecule has 104 valence electrons. The van der Waals surface area contributed by atoms with E-state index >= 15 is 0 Å². The molecule has 4 heteroatoms. The van der Waals surface area contributed by atoms with Crippen molar-refractivity contribution in [3.63, 3.8) is 0 Å². The van der Waals surface area contributed by atoms with Gasteiger partial charge in [-0.15, -0.1) is 0 Å².